The molecular weight excluding hydrogens is 354 g/mol. The fourth-order valence-corrected chi connectivity index (χ4v) is 3.02. The van der Waals surface area contributed by atoms with Crippen molar-refractivity contribution >= 4 is 5.91 Å². The second-order valence-electron chi connectivity index (χ2n) is 6.91. The van der Waals surface area contributed by atoms with E-state index in [-0.39, 0.29) is 12.5 Å². The molecule has 6 nitrogen and oxygen atoms in total. The molecule has 2 aromatic carbocycles. The van der Waals surface area contributed by atoms with Crippen LogP contribution >= 0.6 is 0 Å². The zero-order valence-corrected chi connectivity index (χ0v) is 16.7. The van der Waals surface area contributed by atoms with Crippen LogP contribution in [0.15, 0.2) is 53.1 Å². The summed E-state index contributed by atoms with van der Waals surface area (Å²) >= 11 is 0. The van der Waals surface area contributed by atoms with Crippen molar-refractivity contribution in [1.29, 1.82) is 0 Å². The molecule has 0 N–H and O–H groups in total. The quantitative estimate of drug-likeness (QED) is 0.616. The van der Waals surface area contributed by atoms with Crippen molar-refractivity contribution in [3.05, 3.63) is 65.5 Å². The van der Waals surface area contributed by atoms with Gasteiger partial charge in [0.2, 0.25) is 11.7 Å². The molecule has 1 amide bonds. The minimum Gasteiger partial charge on any atom is -0.481 e. The van der Waals surface area contributed by atoms with E-state index in [9.17, 15) is 4.79 Å². The molecule has 3 rings (SSSR count). The number of rotatable bonds is 7. The van der Waals surface area contributed by atoms with Gasteiger partial charge < -0.3 is 14.2 Å². The molecule has 1 atom stereocenters. The minimum absolute atomic E-state index is 0.124. The third-order valence-corrected chi connectivity index (χ3v) is 4.37. The molecule has 0 radical (unpaired) electrons. The van der Waals surface area contributed by atoms with Gasteiger partial charge in [-0.3, -0.25) is 4.79 Å². The van der Waals surface area contributed by atoms with Crippen LogP contribution in [-0.4, -0.2) is 34.1 Å². The average Bonchev–Trinajstić information content (AvgIpc) is 3.14. The summed E-state index contributed by atoms with van der Waals surface area (Å²) in [6, 6.07) is 15.5. The van der Waals surface area contributed by atoms with Gasteiger partial charge in [-0.15, -0.1) is 0 Å². The Hall–Kier alpha value is -3.15. The van der Waals surface area contributed by atoms with Gasteiger partial charge in [-0.2, -0.15) is 4.98 Å². The summed E-state index contributed by atoms with van der Waals surface area (Å²) in [7, 11) is 1.71. The molecule has 0 spiro atoms. The Labute approximate surface area is 165 Å². The van der Waals surface area contributed by atoms with Crippen LogP contribution in [0, 0.1) is 13.8 Å². The maximum Gasteiger partial charge on any atom is 0.263 e. The summed E-state index contributed by atoms with van der Waals surface area (Å²) in [5.41, 5.74) is 3.07. The number of nitrogens with zero attached hydrogens (tertiary/aromatic N) is 3. The maximum atomic E-state index is 12.8. The summed E-state index contributed by atoms with van der Waals surface area (Å²) in [6.45, 7) is 6.17. The maximum absolute atomic E-state index is 12.8. The Balaban J connectivity index is 1.66. The van der Waals surface area contributed by atoms with Crippen LogP contribution in [0.4, 0.5) is 0 Å². The number of amides is 1. The number of hydrogen-bond acceptors (Lipinski definition) is 5. The second-order valence-corrected chi connectivity index (χ2v) is 6.91. The van der Waals surface area contributed by atoms with Gasteiger partial charge in [0.1, 0.15) is 5.75 Å². The Kier molecular flexibility index (Phi) is 6.09. The third-order valence-electron chi connectivity index (χ3n) is 4.37. The second kappa shape index (κ2) is 8.69. The van der Waals surface area contributed by atoms with Crippen molar-refractivity contribution in [3.8, 4) is 17.1 Å². The standard InChI is InChI=1S/C22H25N3O3/c1-5-19(27-18-12-15(2)11-16(3)13-18)22(26)25(4)14-20-23-21(24-28-20)17-9-7-6-8-10-17/h6-13,19H,5,14H2,1-4H3/t19-/m0/s1. The lowest BCUT2D eigenvalue weighted by Crippen LogP contribution is -2.39. The number of benzene rings is 2. The molecule has 28 heavy (non-hydrogen) atoms. The van der Waals surface area contributed by atoms with Gasteiger partial charge in [0, 0.05) is 12.6 Å². The number of carbonyl (C=O) groups is 1. The molecule has 0 bridgehead atoms. The Bertz CT molecular complexity index is 917. The minimum atomic E-state index is -0.567. The van der Waals surface area contributed by atoms with Crippen molar-refractivity contribution in [2.45, 2.75) is 39.8 Å². The molecule has 0 aliphatic carbocycles. The molecule has 6 heteroatoms. The van der Waals surface area contributed by atoms with E-state index in [0.29, 0.717) is 23.9 Å². The molecule has 0 fully saturated rings. The third kappa shape index (κ3) is 4.76. The molecule has 0 saturated carbocycles. The molecule has 0 aliphatic heterocycles. The Morgan fingerprint density at radius 2 is 1.82 bits per heavy atom. The lowest BCUT2D eigenvalue weighted by atomic mass is 10.1. The van der Waals surface area contributed by atoms with Crippen LogP contribution in [0.25, 0.3) is 11.4 Å². The summed E-state index contributed by atoms with van der Waals surface area (Å²) in [5.74, 6) is 1.47. The highest BCUT2D eigenvalue weighted by atomic mass is 16.5. The van der Waals surface area contributed by atoms with E-state index in [0.717, 1.165) is 16.7 Å². The van der Waals surface area contributed by atoms with Crippen LogP contribution in [-0.2, 0) is 11.3 Å². The average molecular weight is 379 g/mol. The van der Waals surface area contributed by atoms with Crippen molar-refractivity contribution < 1.29 is 14.1 Å². The lowest BCUT2D eigenvalue weighted by Gasteiger charge is -2.23. The van der Waals surface area contributed by atoms with E-state index in [1.54, 1.807) is 11.9 Å². The van der Waals surface area contributed by atoms with Crippen molar-refractivity contribution in [2.24, 2.45) is 0 Å². The normalized spacial score (nSPS) is 11.9. The Morgan fingerprint density at radius 1 is 1.14 bits per heavy atom. The van der Waals surface area contributed by atoms with Gasteiger partial charge in [0.25, 0.3) is 5.91 Å². The zero-order chi connectivity index (χ0) is 20.1. The molecule has 1 heterocycles. The first kappa shape index (κ1) is 19.6. The van der Waals surface area contributed by atoms with E-state index in [1.165, 1.54) is 0 Å². The Morgan fingerprint density at radius 3 is 2.46 bits per heavy atom. The molecule has 3 aromatic rings. The van der Waals surface area contributed by atoms with Gasteiger partial charge in [-0.05, 0) is 43.5 Å². The number of ether oxygens (including phenoxy) is 1. The van der Waals surface area contributed by atoms with Crippen molar-refractivity contribution in [3.63, 3.8) is 0 Å². The lowest BCUT2D eigenvalue weighted by molar-refractivity contribution is -0.138. The number of hydrogen-bond donors (Lipinski definition) is 0. The predicted octanol–water partition coefficient (Wildman–Crippen LogP) is 4.17. The molecule has 0 unspecified atom stereocenters. The van der Waals surface area contributed by atoms with E-state index >= 15 is 0 Å². The van der Waals surface area contributed by atoms with E-state index in [1.807, 2.05) is 63.2 Å². The SMILES string of the molecule is CC[C@H](Oc1cc(C)cc(C)c1)C(=O)N(C)Cc1nc(-c2ccccc2)no1. The van der Waals surface area contributed by atoms with Gasteiger partial charge in [-0.25, -0.2) is 0 Å². The fourth-order valence-electron chi connectivity index (χ4n) is 3.02. The van der Waals surface area contributed by atoms with Gasteiger partial charge in [0.15, 0.2) is 6.10 Å². The number of carbonyl (C=O) groups excluding carboxylic acids is 1. The predicted molar refractivity (Wildman–Crippen MR) is 107 cm³/mol. The summed E-state index contributed by atoms with van der Waals surface area (Å²) in [6.07, 6.45) is -0.00219. The van der Waals surface area contributed by atoms with Crippen LogP contribution in [0.5, 0.6) is 5.75 Å². The van der Waals surface area contributed by atoms with Gasteiger partial charge in [-0.1, -0.05) is 48.5 Å². The smallest absolute Gasteiger partial charge is 0.263 e. The van der Waals surface area contributed by atoms with Crippen molar-refractivity contribution in [2.75, 3.05) is 7.05 Å². The van der Waals surface area contributed by atoms with E-state index < -0.39 is 6.10 Å². The number of aryl methyl sites for hydroxylation is 2. The summed E-state index contributed by atoms with van der Waals surface area (Å²) < 4.78 is 11.3. The fraction of sp³-hybridized carbons (Fsp3) is 0.318. The van der Waals surface area contributed by atoms with Gasteiger partial charge >= 0.3 is 0 Å². The molecule has 0 saturated heterocycles. The summed E-state index contributed by atoms with van der Waals surface area (Å²) in [5, 5.41) is 4.00. The monoisotopic (exact) mass is 379 g/mol. The first-order valence-electron chi connectivity index (χ1n) is 9.34. The number of aromatic nitrogens is 2. The van der Waals surface area contributed by atoms with Crippen LogP contribution in [0.3, 0.4) is 0 Å². The highest BCUT2D eigenvalue weighted by molar-refractivity contribution is 5.81. The topological polar surface area (TPSA) is 68.5 Å². The molecule has 146 valence electrons. The molecule has 0 aliphatic rings. The van der Waals surface area contributed by atoms with Crippen LogP contribution in [0.2, 0.25) is 0 Å². The first-order valence-corrected chi connectivity index (χ1v) is 9.34. The van der Waals surface area contributed by atoms with Gasteiger partial charge in [0.05, 0.1) is 6.54 Å². The summed E-state index contributed by atoms with van der Waals surface area (Å²) in [4.78, 5) is 18.8. The van der Waals surface area contributed by atoms with Crippen LogP contribution < -0.4 is 4.74 Å². The highest BCUT2D eigenvalue weighted by Crippen LogP contribution is 2.20. The van der Waals surface area contributed by atoms with E-state index in [2.05, 4.69) is 16.2 Å². The first-order chi connectivity index (χ1) is 13.5. The molecule has 1 aromatic heterocycles. The van der Waals surface area contributed by atoms with Crippen molar-refractivity contribution in [1.82, 2.24) is 15.0 Å². The number of likely N-dealkylation sites (N-methyl/N-ethyl adjacent to an activating group) is 1. The van der Waals surface area contributed by atoms with Crippen LogP contribution in [0.1, 0.15) is 30.4 Å². The zero-order valence-electron chi connectivity index (χ0n) is 16.7. The largest absolute Gasteiger partial charge is 0.481 e. The van der Waals surface area contributed by atoms with E-state index in [4.69, 9.17) is 9.26 Å². The molecular formula is C22H25N3O3. The highest BCUT2D eigenvalue weighted by Gasteiger charge is 2.24.